The van der Waals surface area contributed by atoms with Crippen molar-refractivity contribution in [2.45, 2.75) is 18.0 Å². The highest BCUT2D eigenvalue weighted by Crippen LogP contribution is 2.38. The Morgan fingerprint density at radius 1 is 1.00 bits per heavy atom. The molecule has 144 valence electrons. The number of anilines is 2. The van der Waals surface area contributed by atoms with Gasteiger partial charge in [0.2, 0.25) is 5.91 Å². The van der Waals surface area contributed by atoms with Gasteiger partial charge in [-0.15, -0.1) is 0 Å². The van der Waals surface area contributed by atoms with Gasteiger partial charge in [-0.05, 0) is 54.4 Å². The number of halogens is 3. The van der Waals surface area contributed by atoms with E-state index >= 15 is 0 Å². The lowest BCUT2D eigenvalue weighted by atomic mass is 10.2. The molecule has 0 unspecified atom stereocenters. The van der Waals surface area contributed by atoms with Crippen molar-refractivity contribution in [3.05, 3.63) is 48.0 Å². The van der Waals surface area contributed by atoms with E-state index in [0.717, 1.165) is 25.1 Å². The minimum Gasteiger partial charge on any atom is -0.496 e. The largest absolute Gasteiger partial charge is 0.496 e. The van der Waals surface area contributed by atoms with Crippen molar-refractivity contribution in [2.24, 2.45) is 0 Å². The minimum atomic E-state index is -4.57. The SMILES string of the molecule is COc1ccc(SNC(=O)Nc2ccc(NC(C)=O)cc2)cc1C(F)(F)F. The van der Waals surface area contributed by atoms with Crippen LogP contribution in [0, 0.1) is 0 Å². The standard InChI is InChI=1S/C17H16F3N3O3S/c1-10(24)21-11-3-5-12(6-4-11)22-16(25)23-27-13-7-8-15(26-2)14(9-13)17(18,19)20/h3-9H,1-2H3,(H,21,24)(H2,22,23,25). The first-order valence-electron chi connectivity index (χ1n) is 7.56. The van der Waals surface area contributed by atoms with Gasteiger partial charge in [-0.25, -0.2) is 4.79 Å². The second-order valence-corrected chi connectivity index (χ2v) is 6.16. The first-order chi connectivity index (χ1) is 12.7. The Bertz CT molecular complexity index is 826. The molecule has 10 heteroatoms. The predicted molar refractivity (Wildman–Crippen MR) is 96.8 cm³/mol. The number of amides is 3. The number of hydrogen-bond acceptors (Lipinski definition) is 4. The zero-order valence-electron chi connectivity index (χ0n) is 14.3. The first-order valence-corrected chi connectivity index (χ1v) is 8.37. The van der Waals surface area contributed by atoms with Crippen molar-refractivity contribution in [1.29, 1.82) is 0 Å². The van der Waals surface area contributed by atoms with E-state index in [9.17, 15) is 22.8 Å². The second-order valence-electron chi connectivity index (χ2n) is 5.28. The molecule has 27 heavy (non-hydrogen) atoms. The van der Waals surface area contributed by atoms with Crippen LogP contribution in [0.25, 0.3) is 0 Å². The van der Waals surface area contributed by atoms with Gasteiger partial charge in [0.1, 0.15) is 5.75 Å². The maximum atomic E-state index is 13.0. The molecule has 0 fully saturated rings. The Labute approximate surface area is 157 Å². The van der Waals surface area contributed by atoms with Crippen LogP contribution in [-0.4, -0.2) is 19.0 Å². The molecule has 3 N–H and O–H groups in total. The molecule has 0 saturated heterocycles. The molecule has 2 aromatic carbocycles. The normalized spacial score (nSPS) is 10.9. The van der Waals surface area contributed by atoms with Crippen molar-refractivity contribution >= 4 is 35.3 Å². The van der Waals surface area contributed by atoms with Gasteiger partial charge in [-0.2, -0.15) is 13.2 Å². The Morgan fingerprint density at radius 3 is 2.11 bits per heavy atom. The lowest BCUT2D eigenvalue weighted by Crippen LogP contribution is -2.22. The van der Waals surface area contributed by atoms with Crippen LogP contribution in [0.4, 0.5) is 29.3 Å². The number of carbonyl (C=O) groups is 2. The van der Waals surface area contributed by atoms with Gasteiger partial charge in [0.05, 0.1) is 12.7 Å². The molecule has 0 spiro atoms. The number of hydrogen-bond donors (Lipinski definition) is 3. The summed E-state index contributed by atoms with van der Waals surface area (Å²) in [5.41, 5.74) is 0.0967. The highest BCUT2D eigenvalue weighted by molar-refractivity contribution is 7.98. The Balaban J connectivity index is 1.96. The lowest BCUT2D eigenvalue weighted by Gasteiger charge is -2.13. The molecule has 0 bridgehead atoms. The molecule has 2 aromatic rings. The first kappa shape index (κ1) is 20.4. The number of ether oxygens (including phenoxy) is 1. The topological polar surface area (TPSA) is 79.5 Å². The molecule has 0 saturated carbocycles. The van der Waals surface area contributed by atoms with Gasteiger partial charge in [-0.1, -0.05) is 0 Å². The average molecular weight is 399 g/mol. The second kappa shape index (κ2) is 8.67. The molecular weight excluding hydrogens is 383 g/mol. The van der Waals surface area contributed by atoms with Gasteiger partial charge in [0.25, 0.3) is 0 Å². The summed E-state index contributed by atoms with van der Waals surface area (Å²) >= 11 is 0.734. The van der Waals surface area contributed by atoms with Crippen LogP contribution < -0.4 is 20.1 Å². The Kier molecular flexibility index (Phi) is 6.56. The van der Waals surface area contributed by atoms with Crippen LogP contribution in [0.15, 0.2) is 47.4 Å². The number of nitrogens with one attached hydrogen (secondary N) is 3. The van der Waals surface area contributed by atoms with Crippen LogP contribution in [-0.2, 0) is 11.0 Å². The van der Waals surface area contributed by atoms with Crippen LogP contribution in [0.1, 0.15) is 12.5 Å². The van der Waals surface area contributed by atoms with Crippen molar-refractivity contribution in [2.75, 3.05) is 17.7 Å². The zero-order valence-corrected chi connectivity index (χ0v) is 15.1. The Morgan fingerprint density at radius 2 is 1.59 bits per heavy atom. The predicted octanol–water partition coefficient (Wildman–Crippen LogP) is 4.50. The van der Waals surface area contributed by atoms with Crippen molar-refractivity contribution in [3.8, 4) is 5.75 Å². The third-order valence-electron chi connectivity index (χ3n) is 3.20. The van der Waals surface area contributed by atoms with Gasteiger partial charge in [-0.3, -0.25) is 9.52 Å². The summed E-state index contributed by atoms with van der Waals surface area (Å²) in [7, 11) is 1.15. The zero-order chi connectivity index (χ0) is 20.0. The summed E-state index contributed by atoms with van der Waals surface area (Å²) in [6.07, 6.45) is -4.57. The third-order valence-corrected chi connectivity index (χ3v) is 3.98. The summed E-state index contributed by atoms with van der Waals surface area (Å²) in [5, 5.41) is 5.11. The molecule has 0 radical (unpaired) electrons. The number of benzene rings is 2. The highest BCUT2D eigenvalue weighted by atomic mass is 32.2. The fourth-order valence-electron chi connectivity index (χ4n) is 2.07. The molecule has 0 aliphatic rings. The molecule has 3 amide bonds. The monoisotopic (exact) mass is 399 g/mol. The van der Waals surface area contributed by atoms with E-state index in [0.29, 0.717) is 11.4 Å². The van der Waals surface area contributed by atoms with E-state index in [1.807, 2.05) is 0 Å². The summed E-state index contributed by atoms with van der Waals surface area (Å²) in [6.45, 7) is 1.38. The molecule has 0 aromatic heterocycles. The Hall–Kier alpha value is -2.88. The number of rotatable bonds is 5. The molecule has 0 heterocycles. The van der Waals surface area contributed by atoms with Gasteiger partial charge < -0.3 is 15.4 Å². The van der Waals surface area contributed by atoms with E-state index < -0.39 is 17.8 Å². The van der Waals surface area contributed by atoms with Crippen molar-refractivity contribution < 1.29 is 27.5 Å². The van der Waals surface area contributed by atoms with Crippen molar-refractivity contribution in [3.63, 3.8) is 0 Å². The fraction of sp³-hybridized carbons (Fsp3) is 0.176. The molecule has 0 aliphatic heterocycles. The maximum Gasteiger partial charge on any atom is 0.420 e. The molecular formula is C17H16F3N3O3S. The average Bonchev–Trinajstić information content (AvgIpc) is 2.60. The maximum absolute atomic E-state index is 13.0. The van der Waals surface area contributed by atoms with Gasteiger partial charge in [0, 0.05) is 23.2 Å². The number of alkyl halides is 3. The molecule has 2 rings (SSSR count). The summed E-state index contributed by atoms with van der Waals surface area (Å²) in [6, 6.07) is 9.22. The molecule has 6 nitrogen and oxygen atoms in total. The van der Waals surface area contributed by atoms with E-state index in [2.05, 4.69) is 15.4 Å². The van der Waals surface area contributed by atoms with Gasteiger partial charge in [0.15, 0.2) is 0 Å². The number of carbonyl (C=O) groups excluding carboxylic acids is 2. The van der Waals surface area contributed by atoms with Crippen molar-refractivity contribution in [1.82, 2.24) is 4.72 Å². The van der Waals surface area contributed by atoms with E-state index in [1.54, 1.807) is 24.3 Å². The molecule has 0 aliphatic carbocycles. The van der Waals surface area contributed by atoms with Gasteiger partial charge >= 0.3 is 12.2 Å². The summed E-state index contributed by atoms with van der Waals surface area (Å²) in [4.78, 5) is 23.0. The highest BCUT2D eigenvalue weighted by Gasteiger charge is 2.34. The minimum absolute atomic E-state index is 0.194. The van der Waals surface area contributed by atoms with E-state index in [1.165, 1.54) is 19.1 Å². The van der Waals surface area contributed by atoms with Crippen LogP contribution in [0.5, 0.6) is 5.75 Å². The number of methoxy groups -OCH3 is 1. The third kappa shape index (κ3) is 6.10. The smallest absolute Gasteiger partial charge is 0.420 e. The quantitative estimate of drug-likeness (QED) is 0.647. The van der Waals surface area contributed by atoms with Crippen LogP contribution in [0.3, 0.4) is 0 Å². The molecule has 0 atom stereocenters. The van der Waals surface area contributed by atoms with Crippen LogP contribution in [0.2, 0.25) is 0 Å². The summed E-state index contributed by atoms with van der Waals surface area (Å²) < 4.78 is 46.1. The fourth-order valence-corrected chi connectivity index (χ4v) is 2.65. The lowest BCUT2D eigenvalue weighted by molar-refractivity contribution is -0.138. The number of urea groups is 1. The van der Waals surface area contributed by atoms with Crippen LogP contribution >= 0.6 is 11.9 Å². The van der Waals surface area contributed by atoms with E-state index in [4.69, 9.17) is 4.74 Å². The van der Waals surface area contributed by atoms with E-state index in [-0.39, 0.29) is 16.6 Å². The summed E-state index contributed by atoms with van der Waals surface area (Å²) in [5.74, 6) is -0.516.